The first-order valence-corrected chi connectivity index (χ1v) is 17.2. The molecule has 1 atom stereocenters. The molecule has 8 heteroatoms. The third-order valence-corrected chi connectivity index (χ3v) is 9.01. The zero-order valence-corrected chi connectivity index (χ0v) is 32.2. The summed E-state index contributed by atoms with van der Waals surface area (Å²) in [5.41, 5.74) is 5.80. The number of halogens is 3. The molecule has 0 fully saturated rings. The number of pyridine rings is 1. The molecule has 4 aromatic rings. The van der Waals surface area contributed by atoms with Crippen LogP contribution >= 0.6 is 0 Å². The Morgan fingerprint density at radius 3 is 2.16 bits per heavy atom. The molecule has 0 saturated carbocycles. The molecule has 0 spiro atoms. The summed E-state index contributed by atoms with van der Waals surface area (Å²) in [5.74, 6) is 1.06. The van der Waals surface area contributed by atoms with Crippen LogP contribution in [0.3, 0.4) is 0 Å². The minimum absolute atomic E-state index is 0. The summed E-state index contributed by atoms with van der Waals surface area (Å²) < 4.78 is 43.3. The number of carbonyl (C=O) groups excluding carboxylic acids is 1. The molecular weight excluding hydrogens is 804 g/mol. The van der Waals surface area contributed by atoms with Crippen molar-refractivity contribution in [2.75, 3.05) is 0 Å². The van der Waals surface area contributed by atoms with E-state index in [4.69, 9.17) is 9.72 Å². The van der Waals surface area contributed by atoms with E-state index in [1.54, 1.807) is 6.92 Å². The Balaban J connectivity index is 0.000000298. The number of fused-ring (bicyclic) bond motifs is 3. The Bertz CT molecular complexity index is 1790. The number of ether oxygens (including phenoxy) is 1. The standard InChI is InChI=1S/C28H28NO.C13H21F3O2.Ir/c1-16(2)10-19-6-7-23-18(5)28-24(15-22(23)12-19)27-26-21(8-9-29-27)13-20(11-17(3)4)14-25(26)30-28;1-4-9(5-2)11(17)7-12(18)10(6-3)8-13(14,15)16;/h6-9,12-14,16-17H,10-11H2,1-5H3;7,9-10,18H,4-6,8H2,1-3H3;/q-1;;/b;12-7-;. The van der Waals surface area contributed by atoms with Gasteiger partial charge in [-0.3, -0.25) is 9.78 Å². The summed E-state index contributed by atoms with van der Waals surface area (Å²) in [5, 5.41) is 14.3. The number of alkyl halides is 3. The van der Waals surface area contributed by atoms with Crippen LogP contribution in [-0.2, 0) is 37.7 Å². The van der Waals surface area contributed by atoms with Gasteiger partial charge in [-0.15, -0.1) is 17.5 Å². The van der Waals surface area contributed by atoms with Crippen molar-refractivity contribution in [1.82, 2.24) is 4.98 Å². The van der Waals surface area contributed by atoms with Gasteiger partial charge in [0.1, 0.15) is 5.75 Å². The summed E-state index contributed by atoms with van der Waals surface area (Å²) in [7, 11) is 0. The molecule has 3 aromatic carbocycles. The van der Waals surface area contributed by atoms with Crippen LogP contribution in [0.5, 0.6) is 11.5 Å². The van der Waals surface area contributed by atoms with Gasteiger partial charge >= 0.3 is 6.18 Å². The Kier molecular flexibility index (Phi) is 14.1. The van der Waals surface area contributed by atoms with Crippen molar-refractivity contribution in [2.45, 2.75) is 100 Å². The quantitative estimate of drug-likeness (QED) is 0.0817. The second-order valence-electron chi connectivity index (χ2n) is 13.9. The molecule has 0 saturated heterocycles. The molecule has 1 aliphatic rings. The van der Waals surface area contributed by atoms with Crippen molar-refractivity contribution in [3.05, 3.63) is 77.2 Å². The van der Waals surface area contributed by atoms with Crippen LogP contribution in [0.15, 0.2) is 54.4 Å². The first-order valence-electron chi connectivity index (χ1n) is 17.2. The van der Waals surface area contributed by atoms with Gasteiger partial charge < -0.3 is 9.84 Å². The van der Waals surface area contributed by atoms with E-state index in [1.165, 1.54) is 21.9 Å². The first kappa shape index (κ1) is 40.2. The van der Waals surface area contributed by atoms with Gasteiger partial charge in [-0.05, 0) is 73.9 Å². The van der Waals surface area contributed by atoms with E-state index < -0.39 is 24.3 Å². The monoisotopic (exact) mass is 853 g/mol. The fraction of sp³-hybridized carbons (Fsp3) is 0.463. The van der Waals surface area contributed by atoms with E-state index in [0.717, 1.165) is 58.0 Å². The molecule has 1 radical (unpaired) electrons. The predicted molar refractivity (Wildman–Crippen MR) is 190 cm³/mol. The number of nitrogens with zero attached hydrogens (tertiary/aromatic N) is 1. The molecule has 1 unspecified atom stereocenters. The molecule has 2 heterocycles. The van der Waals surface area contributed by atoms with Crippen LogP contribution in [-0.4, -0.2) is 22.1 Å². The third kappa shape index (κ3) is 9.94. The van der Waals surface area contributed by atoms with Crippen LogP contribution in [0.2, 0.25) is 0 Å². The second kappa shape index (κ2) is 17.1. The third-order valence-electron chi connectivity index (χ3n) is 9.01. The number of aliphatic hydroxyl groups is 1. The molecule has 0 bridgehead atoms. The zero-order valence-electron chi connectivity index (χ0n) is 29.8. The summed E-state index contributed by atoms with van der Waals surface area (Å²) >= 11 is 0. The van der Waals surface area contributed by atoms with Crippen molar-refractivity contribution >= 4 is 27.3 Å². The summed E-state index contributed by atoms with van der Waals surface area (Å²) in [6.07, 6.45) is 0.963. The van der Waals surface area contributed by atoms with E-state index in [2.05, 4.69) is 77.1 Å². The van der Waals surface area contributed by atoms with Gasteiger partial charge in [0.15, 0.2) is 5.78 Å². The number of rotatable bonds is 11. The van der Waals surface area contributed by atoms with Crippen LogP contribution in [0, 0.1) is 36.7 Å². The normalized spacial score (nSPS) is 13.2. The molecule has 49 heavy (non-hydrogen) atoms. The number of aromatic nitrogens is 1. The summed E-state index contributed by atoms with van der Waals surface area (Å²) in [6.45, 7) is 16.4. The summed E-state index contributed by atoms with van der Waals surface area (Å²) in [6, 6.07) is 17.0. The smallest absolute Gasteiger partial charge is 0.389 e. The van der Waals surface area contributed by atoms with Crippen molar-refractivity contribution < 1.29 is 47.9 Å². The van der Waals surface area contributed by atoms with Crippen LogP contribution < -0.4 is 4.74 Å². The predicted octanol–water partition coefficient (Wildman–Crippen LogP) is 12.1. The van der Waals surface area contributed by atoms with Gasteiger partial charge in [-0.25, -0.2) is 0 Å². The molecule has 267 valence electrons. The Morgan fingerprint density at radius 1 is 0.939 bits per heavy atom. The van der Waals surface area contributed by atoms with E-state index >= 15 is 0 Å². The van der Waals surface area contributed by atoms with Crippen molar-refractivity contribution in [1.29, 1.82) is 0 Å². The number of aliphatic hydroxyl groups excluding tert-OH is 1. The molecule has 1 aromatic heterocycles. The van der Waals surface area contributed by atoms with E-state index in [-0.39, 0.29) is 38.2 Å². The van der Waals surface area contributed by atoms with Crippen molar-refractivity contribution in [3.8, 4) is 22.8 Å². The first-order chi connectivity index (χ1) is 22.6. The molecule has 1 N–H and O–H groups in total. The van der Waals surface area contributed by atoms with Gasteiger partial charge in [-0.2, -0.15) is 13.2 Å². The molecule has 5 rings (SSSR count). The van der Waals surface area contributed by atoms with Crippen molar-refractivity contribution in [3.63, 3.8) is 0 Å². The van der Waals surface area contributed by atoms with Gasteiger partial charge in [0.25, 0.3) is 0 Å². The number of benzene rings is 3. The number of aryl methyl sites for hydroxylation is 1. The number of allylic oxidation sites excluding steroid dienone is 2. The van der Waals surface area contributed by atoms with E-state index in [0.29, 0.717) is 24.7 Å². The largest absolute Gasteiger partial charge is 0.512 e. The minimum atomic E-state index is -4.33. The average Bonchev–Trinajstić information content (AvgIpc) is 3.00. The minimum Gasteiger partial charge on any atom is -0.512 e. The molecule has 0 aliphatic carbocycles. The van der Waals surface area contributed by atoms with Gasteiger partial charge in [-0.1, -0.05) is 88.7 Å². The number of ketones is 1. The molecular formula is C41H49F3IrNO3-. The SMILES string of the molecule is CCC(CC)C(=O)/C=C(\O)C(CC)CC(F)(F)F.Cc1c2c([c-]c3cc(CC(C)C)ccc13)-c1nccc3cc(CC(C)C)cc(c13)O2.[Ir]. The fourth-order valence-corrected chi connectivity index (χ4v) is 6.53. The number of hydrogen-bond donors (Lipinski definition) is 1. The van der Waals surface area contributed by atoms with Crippen LogP contribution in [0.1, 0.15) is 90.8 Å². The second-order valence-corrected chi connectivity index (χ2v) is 13.9. The maximum absolute atomic E-state index is 12.3. The Hall–Kier alpha value is -3.22. The number of hydrogen-bond acceptors (Lipinski definition) is 4. The maximum atomic E-state index is 12.3. The van der Waals surface area contributed by atoms with Gasteiger partial charge in [0.05, 0.1) is 17.9 Å². The van der Waals surface area contributed by atoms with E-state index in [1.807, 2.05) is 20.0 Å². The van der Waals surface area contributed by atoms with Gasteiger partial charge in [0, 0.05) is 55.3 Å². The fourth-order valence-electron chi connectivity index (χ4n) is 6.53. The molecule has 1 aliphatic heterocycles. The Morgan fingerprint density at radius 2 is 1.57 bits per heavy atom. The number of carbonyl (C=O) groups is 1. The Labute approximate surface area is 302 Å². The topological polar surface area (TPSA) is 59.4 Å². The van der Waals surface area contributed by atoms with E-state index in [9.17, 15) is 23.1 Å². The van der Waals surface area contributed by atoms with Crippen LogP contribution in [0.4, 0.5) is 13.2 Å². The maximum Gasteiger partial charge on any atom is 0.389 e. The van der Waals surface area contributed by atoms with Crippen LogP contribution in [0.25, 0.3) is 32.8 Å². The van der Waals surface area contributed by atoms with Gasteiger partial charge in [0.2, 0.25) is 0 Å². The molecule has 4 nitrogen and oxygen atoms in total. The van der Waals surface area contributed by atoms with Crippen molar-refractivity contribution in [2.24, 2.45) is 23.7 Å². The zero-order chi connectivity index (χ0) is 35.3. The molecule has 0 amide bonds. The summed E-state index contributed by atoms with van der Waals surface area (Å²) in [4.78, 5) is 16.5. The average molecular weight is 853 g/mol.